The van der Waals surface area contributed by atoms with Gasteiger partial charge in [-0.2, -0.15) is 10.2 Å². The van der Waals surface area contributed by atoms with E-state index in [-0.39, 0.29) is 5.91 Å². The first-order valence-corrected chi connectivity index (χ1v) is 4.86. The monoisotopic (exact) mass is 209 g/mol. The van der Waals surface area contributed by atoms with Gasteiger partial charge >= 0.3 is 0 Å². The molecule has 0 saturated carbocycles. The minimum atomic E-state index is -0.0366. The number of thioether (sulfide) groups is 1. The van der Waals surface area contributed by atoms with Crippen molar-refractivity contribution in [3.05, 3.63) is 18.0 Å². The number of rotatable bonds is 2. The molecule has 2 N–H and O–H groups in total. The third-order valence-electron chi connectivity index (χ3n) is 1.45. The molecule has 0 spiro atoms. The molecule has 0 radical (unpaired) electrons. The van der Waals surface area contributed by atoms with Crippen LogP contribution in [0.3, 0.4) is 0 Å². The summed E-state index contributed by atoms with van der Waals surface area (Å²) in [5.74, 6) is 0.379. The van der Waals surface area contributed by atoms with Crippen LogP contribution < -0.4 is 5.32 Å². The zero-order valence-electron chi connectivity index (χ0n) is 7.10. The molecule has 0 aliphatic carbocycles. The van der Waals surface area contributed by atoms with Gasteiger partial charge in [0.25, 0.3) is 0 Å². The largest absolute Gasteiger partial charge is 0.303 e. The van der Waals surface area contributed by atoms with Crippen molar-refractivity contribution >= 4 is 29.1 Å². The third-order valence-corrected chi connectivity index (χ3v) is 2.32. The van der Waals surface area contributed by atoms with E-state index < -0.39 is 0 Å². The molecule has 1 aromatic rings. The fourth-order valence-corrected chi connectivity index (χ4v) is 1.49. The third kappa shape index (κ3) is 2.19. The molecule has 0 aromatic carbocycles. The maximum Gasteiger partial charge on any atom is 0.236 e. The predicted octanol–water partition coefficient (Wildman–Crippen LogP) is -0.0374. The number of hydrogen-bond donors (Lipinski definition) is 2. The van der Waals surface area contributed by atoms with Crippen LogP contribution in [0.4, 0.5) is 0 Å². The van der Waals surface area contributed by atoms with E-state index in [0.717, 1.165) is 5.69 Å². The van der Waals surface area contributed by atoms with Crippen LogP contribution in [0.15, 0.2) is 22.5 Å². The van der Waals surface area contributed by atoms with Crippen molar-refractivity contribution in [2.24, 2.45) is 10.2 Å². The fourth-order valence-electron chi connectivity index (χ4n) is 0.861. The van der Waals surface area contributed by atoms with Crippen molar-refractivity contribution in [2.75, 3.05) is 5.75 Å². The van der Waals surface area contributed by atoms with Gasteiger partial charge in [-0.25, -0.2) is 0 Å². The lowest BCUT2D eigenvalue weighted by Gasteiger charge is -1.88. The summed E-state index contributed by atoms with van der Waals surface area (Å²) in [6, 6.07) is 1.77. The van der Waals surface area contributed by atoms with Crippen LogP contribution in [-0.4, -0.2) is 33.2 Å². The van der Waals surface area contributed by atoms with Crippen LogP contribution in [0.5, 0.6) is 0 Å². The summed E-state index contributed by atoms with van der Waals surface area (Å²) in [6.07, 6.45) is 3.16. The summed E-state index contributed by atoms with van der Waals surface area (Å²) >= 11 is 1.34. The summed E-state index contributed by atoms with van der Waals surface area (Å²) in [6.45, 7) is 0. The second-order valence-corrected chi connectivity index (χ2v) is 3.46. The Labute approximate surface area is 83.9 Å². The number of hydrogen-bond acceptors (Lipinski definition) is 5. The Balaban J connectivity index is 1.96. The molecule has 2 heterocycles. The summed E-state index contributed by atoms with van der Waals surface area (Å²) in [7, 11) is 0. The quantitative estimate of drug-likeness (QED) is 0.529. The van der Waals surface area contributed by atoms with Crippen LogP contribution in [0.1, 0.15) is 5.69 Å². The van der Waals surface area contributed by atoms with Crippen LogP contribution in [0.2, 0.25) is 0 Å². The maximum absolute atomic E-state index is 10.8. The van der Waals surface area contributed by atoms with Crippen LogP contribution in [0, 0.1) is 0 Å². The summed E-state index contributed by atoms with van der Waals surface area (Å²) in [5, 5.41) is 17.2. The molecule has 6 nitrogen and oxygen atoms in total. The Morgan fingerprint density at radius 1 is 1.64 bits per heavy atom. The Hall–Kier alpha value is -1.63. The van der Waals surface area contributed by atoms with Gasteiger partial charge in [-0.3, -0.25) is 9.89 Å². The van der Waals surface area contributed by atoms with E-state index in [0.29, 0.717) is 10.9 Å². The molecule has 1 amide bonds. The normalized spacial score (nSPS) is 19.4. The smallest absolute Gasteiger partial charge is 0.236 e. The number of carbonyl (C=O) groups excluding carboxylic acids is 1. The van der Waals surface area contributed by atoms with E-state index in [4.69, 9.17) is 0 Å². The first-order valence-electron chi connectivity index (χ1n) is 3.87. The van der Waals surface area contributed by atoms with Crippen molar-refractivity contribution in [2.45, 2.75) is 0 Å². The lowest BCUT2D eigenvalue weighted by molar-refractivity contribution is -0.116. The minimum Gasteiger partial charge on any atom is -0.303 e. The molecule has 0 atom stereocenters. The number of H-pyrrole nitrogens is 1. The maximum atomic E-state index is 10.8. The molecule has 1 fully saturated rings. The summed E-state index contributed by atoms with van der Waals surface area (Å²) < 4.78 is 0. The fraction of sp³-hybridized carbons (Fsp3) is 0.143. The topological polar surface area (TPSA) is 82.5 Å². The number of aromatic amines is 1. The van der Waals surface area contributed by atoms with Crippen LogP contribution in [-0.2, 0) is 4.79 Å². The van der Waals surface area contributed by atoms with Crippen molar-refractivity contribution in [1.82, 2.24) is 15.5 Å². The van der Waals surface area contributed by atoms with Gasteiger partial charge in [-0.1, -0.05) is 11.8 Å². The number of aromatic nitrogens is 2. The van der Waals surface area contributed by atoms with Gasteiger partial charge in [0.05, 0.1) is 17.7 Å². The van der Waals surface area contributed by atoms with Gasteiger partial charge in [0.15, 0.2) is 5.17 Å². The van der Waals surface area contributed by atoms with Gasteiger partial charge in [-0.15, -0.1) is 5.10 Å². The highest BCUT2D eigenvalue weighted by Gasteiger charge is 2.15. The molecule has 0 unspecified atom stereocenters. The van der Waals surface area contributed by atoms with Crippen molar-refractivity contribution in [3.63, 3.8) is 0 Å². The number of amides is 1. The molecule has 1 aromatic heterocycles. The minimum absolute atomic E-state index is 0.0366. The van der Waals surface area contributed by atoms with Crippen LogP contribution >= 0.6 is 11.8 Å². The van der Waals surface area contributed by atoms with E-state index in [2.05, 4.69) is 25.7 Å². The van der Waals surface area contributed by atoms with E-state index in [1.807, 2.05) is 0 Å². The molecule has 7 heteroatoms. The van der Waals surface area contributed by atoms with Gasteiger partial charge < -0.3 is 5.32 Å². The highest BCUT2D eigenvalue weighted by molar-refractivity contribution is 8.15. The molecular formula is C7H7N5OS. The second-order valence-electron chi connectivity index (χ2n) is 2.50. The molecular weight excluding hydrogens is 202 g/mol. The Kier molecular flexibility index (Phi) is 2.59. The zero-order valence-corrected chi connectivity index (χ0v) is 7.91. The molecule has 72 valence electrons. The first kappa shape index (κ1) is 8.95. The van der Waals surface area contributed by atoms with E-state index >= 15 is 0 Å². The molecule has 2 rings (SSSR count). The molecule has 14 heavy (non-hydrogen) atoms. The van der Waals surface area contributed by atoms with Crippen LogP contribution in [0.25, 0.3) is 0 Å². The number of nitrogens with zero attached hydrogens (tertiary/aromatic N) is 3. The number of nitrogens with one attached hydrogen (secondary N) is 2. The van der Waals surface area contributed by atoms with Crippen molar-refractivity contribution in [3.8, 4) is 0 Å². The van der Waals surface area contributed by atoms with Crippen molar-refractivity contribution < 1.29 is 4.79 Å². The van der Waals surface area contributed by atoms with E-state index in [1.165, 1.54) is 18.0 Å². The predicted molar refractivity (Wildman–Crippen MR) is 54.2 cm³/mol. The molecule has 0 bridgehead atoms. The Bertz CT molecular complexity index is 383. The number of amidine groups is 1. The summed E-state index contributed by atoms with van der Waals surface area (Å²) in [4.78, 5) is 10.8. The highest BCUT2D eigenvalue weighted by atomic mass is 32.2. The summed E-state index contributed by atoms with van der Waals surface area (Å²) in [5.41, 5.74) is 0.767. The second kappa shape index (κ2) is 4.05. The van der Waals surface area contributed by atoms with Gasteiger partial charge in [0.1, 0.15) is 0 Å². The molecule has 1 saturated heterocycles. The lowest BCUT2D eigenvalue weighted by atomic mass is 10.5. The Morgan fingerprint density at radius 2 is 2.57 bits per heavy atom. The number of carbonyl (C=O) groups is 1. The molecule has 1 aliphatic heterocycles. The first-order chi connectivity index (χ1) is 6.84. The van der Waals surface area contributed by atoms with Gasteiger partial charge in [-0.05, 0) is 6.07 Å². The van der Waals surface area contributed by atoms with E-state index in [9.17, 15) is 4.79 Å². The van der Waals surface area contributed by atoms with E-state index in [1.54, 1.807) is 12.3 Å². The SMILES string of the molecule is O=C1CS/C(=N/N=Cc2ccn[nH]2)N1. The highest BCUT2D eigenvalue weighted by Crippen LogP contribution is 2.08. The standard InChI is InChI=1S/C7H7N5OS/c13-6-4-14-7(10-6)12-9-3-5-1-2-8-11-5/h1-3H,4H2,(H,8,11)(H,10,12,13). The molecule has 1 aliphatic rings. The zero-order chi connectivity index (χ0) is 9.80. The lowest BCUT2D eigenvalue weighted by Crippen LogP contribution is -2.19. The van der Waals surface area contributed by atoms with Crippen molar-refractivity contribution in [1.29, 1.82) is 0 Å². The van der Waals surface area contributed by atoms with Gasteiger partial charge in [0.2, 0.25) is 5.91 Å². The van der Waals surface area contributed by atoms with Gasteiger partial charge in [0, 0.05) is 6.20 Å². The Morgan fingerprint density at radius 3 is 3.21 bits per heavy atom. The average Bonchev–Trinajstić information content (AvgIpc) is 2.77. The average molecular weight is 209 g/mol.